The van der Waals surface area contributed by atoms with Crippen molar-refractivity contribution >= 4 is 5.97 Å². The van der Waals surface area contributed by atoms with Gasteiger partial charge in [0.05, 0.1) is 10.5 Å². The van der Waals surface area contributed by atoms with Crippen LogP contribution in [0.5, 0.6) is 0 Å². The van der Waals surface area contributed by atoms with Gasteiger partial charge in [-0.1, -0.05) is 0 Å². The first-order chi connectivity index (χ1) is 7.47. The van der Waals surface area contributed by atoms with Crippen molar-refractivity contribution in [1.82, 2.24) is 0 Å². The molecule has 1 rings (SSSR count). The second-order valence-electron chi connectivity index (χ2n) is 3.13. The molecule has 7 heteroatoms. The van der Waals surface area contributed by atoms with Gasteiger partial charge >= 0.3 is 11.7 Å². The summed E-state index contributed by atoms with van der Waals surface area (Å²) in [5.41, 5.74) is -1.94. The average molecular weight is 229 g/mol. The Morgan fingerprint density at radius 3 is 2.62 bits per heavy atom. The molecule has 0 radical (unpaired) electrons. The van der Waals surface area contributed by atoms with Gasteiger partial charge in [-0.25, -0.2) is 4.79 Å². The van der Waals surface area contributed by atoms with E-state index in [0.29, 0.717) is 0 Å². The van der Waals surface area contributed by atoms with Crippen LogP contribution in [0.3, 0.4) is 0 Å². The van der Waals surface area contributed by atoms with Crippen LogP contribution >= 0.6 is 0 Å². The van der Waals surface area contributed by atoms with Crippen LogP contribution in [0.15, 0.2) is 23.8 Å². The number of nitrogens with zero attached hydrogens (tertiary/aromatic N) is 1. The van der Waals surface area contributed by atoms with Crippen molar-refractivity contribution in [2.75, 3.05) is 14.2 Å². The molecule has 2 unspecified atom stereocenters. The van der Waals surface area contributed by atoms with E-state index in [9.17, 15) is 14.9 Å². The second kappa shape index (κ2) is 4.42. The average Bonchev–Trinajstić information content (AvgIpc) is 2.27. The lowest BCUT2D eigenvalue weighted by atomic mass is 9.97. The smallest absolute Gasteiger partial charge is 0.374 e. The Morgan fingerprint density at radius 2 is 2.25 bits per heavy atom. The largest absolute Gasteiger partial charge is 0.478 e. The molecule has 0 heterocycles. The summed E-state index contributed by atoms with van der Waals surface area (Å²) in [6.07, 6.45) is 2.27. The van der Waals surface area contributed by atoms with E-state index in [0.717, 1.165) is 18.2 Å². The number of aliphatic carboxylic acids is 1. The molecular formula is C9H11NO6. The van der Waals surface area contributed by atoms with Crippen molar-refractivity contribution in [3.63, 3.8) is 0 Å². The van der Waals surface area contributed by atoms with Crippen LogP contribution in [0, 0.1) is 10.1 Å². The number of carboxylic acids is 1. The molecule has 7 nitrogen and oxygen atoms in total. The lowest BCUT2D eigenvalue weighted by Crippen LogP contribution is -2.50. The molecule has 0 saturated carbocycles. The fourth-order valence-electron chi connectivity index (χ4n) is 1.45. The van der Waals surface area contributed by atoms with Gasteiger partial charge in [0.15, 0.2) is 6.10 Å². The van der Waals surface area contributed by atoms with Gasteiger partial charge in [0.2, 0.25) is 0 Å². The van der Waals surface area contributed by atoms with Crippen LogP contribution in [-0.2, 0) is 14.3 Å². The zero-order chi connectivity index (χ0) is 12.3. The Balaban J connectivity index is 3.15. The topological polar surface area (TPSA) is 98.9 Å². The highest BCUT2D eigenvalue weighted by Crippen LogP contribution is 2.27. The molecule has 0 fully saturated rings. The molecule has 0 saturated heterocycles. The van der Waals surface area contributed by atoms with Crippen molar-refractivity contribution in [2.24, 2.45) is 0 Å². The molecule has 1 N–H and O–H groups in total. The van der Waals surface area contributed by atoms with E-state index >= 15 is 0 Å². The highest BCUT2D eigenvalue weighted by atomic mass is 16.7. The summed E-state index contributed by atoms with van der Waals surface area (Å²) in [6, 6.07) is 0. The summed E-state index contributed by atoms with van der Waals surface area (Å²) in [5.74, 6) is -1.17. The Morgan fingerprint density at radius 1 is 1.62 bits per heavy atom. The quantitative estimate of drug-likeness (QED) is 0.420. The van der Waals surface area contributed by atoms with E-state index < -0.39 is 22.7 Å². The normalized spacial score (nSPS) is 28.6. The van der Waals surface area contributed by atoms with Gasteiger partial charge in [0.25, 0.3) is 0 Å². The second-order valence-corrected chi connectivity index (χ2v) is 3.13. The molecule has 2 atom stereocenters. The third kappa shape index (κ3) is 1.82. The lowest BCUT2D eigenvalue weighted by Gasteiger charge is -2.28. The lowest BCUT2D eigenvalue weighted by molar-refractivity contribution is -0.621. The molecule has 0 aliphatic heterocycles. The number of hydrogen-bond acceptors (Lipinski definition) is 5. The molecule has 0 spiro atoms. The van der Waals surface area contributed by atoms with E-state index in [1.807, 2.05) is 0 Å². The van der Waals surface area contributed by atoms with Gasteiger partial charge < -0.3 is 14.6 Å². The number of carbonyl (C=O) groups is 1. The molecule has 0 aromatic carbocycles. The summed E-state index contributed by atoms with van der Waals surface area (Å²) < 4.78 is 9.71. The summed E-state index contributed by atoms with van der Waals surface area (Å²) in [4.78, 5) is 21.0. The Hall–Kier alpha value is -1.73. The maximum atomic E-state index is 10.9. The molecule has 1 aliphatic rings. The van der Waals surface area contributed by atoms with Crippen molar-refractivity contribution in [3.05, 3.63) is 33.9 Å². The van der Waals surface area contributed by atoms with Crippen molar-refractivity contribution in [3.8, 4) is 0 Å². The zero-order valence-corrected chi connectivity index (χ0v) is 8.75. The zero-order valence-electron chi connectivity index (χ0n) is 8.75. The van der Waals surface area contributed by atoms with E-state index in [4.69, 9.17) is 14.6 Å². The third-order valence-electron chi connectivity index (χ3n) is 2.35. The van der Waals surface area contributed by atoms with E-state index in [1.165, 1.54) is 14.2 Å². The van der Waals surface area contributed by atoms with Crippen molar-refractivity contribution in [2.45, 2.75) is 11.8 Å². The number of nitro groups is 1. The molecule has 0 amide bonds. The van der Waals surface area contributed by atoms with Gasteiger partial charge in [-0.05, 0) is 12.2 Å². The molecule has 0 aromatic rings. The highest BCUT2D eigenvalue weighted by Gasteiger charge is 2.50. The first-order valence-electron chi connectivity index (χ1n) is 4.34. The molecule has 1 aliphatic carbocycles. The minimum atomic E-state index is -1.87. The number of methoxy groups -OCH3 is 2. The molecular weight excluding hydrogens is 218 g/mol. The molecule has 88 valence electrons. The van der Waals surface area contributed by atoms with Crippen LogP contribution in [-0.4, -0.2) is 42.0 Å². The summed E-state index contributed by atoms with van der Waals surface area (Å²) in [7, 11) is 2.41. The van der Waals surface area contributed by atoms with Gasteiger partial charge in [0.1, 0.15) is 0 Å². The highest BCUT2D eigenvalue weighted by molar-refractivity contribution is 5.90. The van der Waals surface area contributed by atoms with Gasteiger partial charge in [-0.15, -0.1) is 0 Å². The SMILES string of the molecule is COC1C=C(C(=O)O)C=CC1(OC)[N+](=O)[O-]. The van der Waals surface area contributed by atoms with Crippen molar-refractivity contribution < 1.29 is 24.3 Å². The van der Waals surface area contributed by atoms with Crippen LogP contribution in [0.25, 0.3) is 0 Å². The van der Waals surface area contributed by atoms with Crippen LogP contribution in [0.1, 0.15) is 0 Å². The monoisotopic (exact) mass is 229 g/mol. The van der Waals surface area contributed by atoms with E-state index in [2.05, 4.69) is 0 Å². The van der Waals surface area contributed by atoms with Crippen LogP contribution in [0.4, 0.5) is 0 Å². The van der Waals surface area contributed by atoms with E-state index in [-0.39, 0.29) is 5.57 Å². The first kappa shape index (κ1) is 12.3. The van der Waals surface area contributed by atoms with E-state index in [1.54, 1.807) is 0 Å². The summed E-state index contributed by atoms with van der Waals surface area (Å²) in [6.45, 7) is 0. The van der Waals surface area contributed by atoms with Gasteiger partial charge in [-0.2, -0.15) is 0 Å². The minimum absolute atomic E-state index is 0.0682. The number of ether oxygens (including phenoxy) is 2. The Labute approximate surface area is 91.1 Å². The maximum absolute atomic E-state index is 10.9. The first-order valence-corrected chi connectivity index (χ1v) is 4.34. The number of rotatable bonds is 4. The Kier molecular flexibility index (Phi) is 3.41. The fourth-order valence-corrected chi connectivity index (χ4v) is 1.45. The summed E-state index contributed by atoms with van der Waals surface area (Å²) >= 11 is 0. The number of carboxylic acid groups (broad SMARTS) is 1. The van der Waals surface area contributed by atoms with Crippen LogP contribution < -0.4 is 0 Å². The predicted molar refractivity (Wildman–Crippen MR) is 52.4 cm³/mol. The van der Waals surface area contributed by atoms with Crippen molar-refractivity contribution in [1.29, 1.82) is 0 Å². The van der Waals surface area contributed by atoms with Gasteiger partial charge in [-0.3, -0.25) is 10.1 Å². The van der Waals surface area contributed by atoms with Crippen LogP contribution in [0.2, 0.25) is 0 Å². The maximum Gasteiger partial charge on any atom is 0.374 e. The third-order valence-corrected chi connectivity index (χ3v) is 2.35. The number of hydrogen-bond donors (Lipinski definition) is 1. The minimum Gasteiger partial charge on any atom is -0.478 e. The fraction of sp³-hybridized carbons (Fsp3) is 0.444. The molecule has 0 bridgehead atoms. The predicted octanol–water partition coefficient (Wildman–Crippen LogP) is 0.202. The molecule has 16 heavy (non-hydrogen) atoms. The van der Waals surface area contributed by atoms with Gasteiger partial charge in [0, 0.05) is 20.3 Å². The summed E-state index contributed by atoms with van der Waals surface area (Å²) in [5, 5.41) is 19.7. The molecule has 0 aromatic heterocycles. The standard InChI is InChI=1S/C9H11NO6/c1-15-7-5-6(8(11)12)3-4-9(7,16-2)10(13)14/h3-5,7H,1-2H3,(H,11,12). The Bertz CT molecular complexity index is 374.